The molecule has 1 unspecified atom stereocenters. The minimum atomic E-state index is -1.05. The number of benzene rings is 1. The first kappa shape index (κ1) is 21.7. The van der Waals surface area contributed by atoms with Crippen LogP contribution in [0.5, 0.6) is 0 Å². The van der Waals surface area contributed by atoms with E-state index in [0.717, 1.165) is 30.5 Å². The van der Waals surface area contributed by atoms with Crippen LogP contribution in [-0.2, 0) is 13.2 Å². The molecule has 7 heteroatoms. The normalized spacial score (nSPS) is 16.8. The van der Waals surface area contributed by atoms with Crippen molar-refractivity contribution in [1.82, 2.24) is 15.2 Å². The van der Waals surface area contributed by atoms with Crippen LogP contribution in [0.1, 0.15) is 58.9 Å². The van der Waals surface area contributed by atoms with E-state index < -0.39 is 24.2 Å². The topological polar surface area (TPSA) is 65.5 Å². The number of pyridine rings is 1. The van der Waals surface area contributed by atoms with Crippen LogP contribution in [0.4, 0.5) is 4.39 Å². The molecule has 1 heterocycles. The van der Waals surface area contributed by atoms with Crippen molar-refractivity contribution in [3.63, 3.8) is 0 Å². The monoisotopic (exact) mass is 419 g/mol. The van der Waals surface area contributed by atoms with Gasteiger partial charge in [0.05, 0.1) is 16.7 Å². The minimum absolute atomic E-state index is 0.00557. The maximum atomic E-state index is 13.1. The molecule has 1 saturated carbocycles. The molecule has 0 bridgehead atoms. The van der Waals surface area contributed by atoms with E-state index in [2.05, 4.69) is 15.2 Å². The van der Waals surface area contributed by atoms with Gasteiger partial charge in [-0.1, -0.05) is 48.7 Å². The first-order chi connectivity index (χ1) is 13.8. The Bertz CT molecular complexity index is 869. The highest BCUT2D eigenvalue weighted by molar-refractivity contribution is 6.34. The number of nitrogens with zero attached hydrogens (tertiary/aromatic N) is 2. The van der Waals surface area contributed by atoms with Crippen LogP contribution in [0, 0.1) is 0 Å². The van der Waals surface area contributed by atoms with E-state index in [0.29, 0.717) is 12.8 Å². The van der Waals surface area contributed by atoms with E-state index in [-0.39, 0.29) is 16.3 Å². The Balaban J connectivity index is 1.94. The van der Waals surface area contributed by atoms with Gasteiger partial charge in [-0.05, 0) is 44.1 Å². The average molecular weight is 420 g/mol. The van der Waals surface area contributed by atoms with Crippen molar-refractivity contribution in [3.8, 4) is 0 Å². The summed E-state index contributed by atoms with van der Waals surface area (Å²) in [5.74, 6) is -0.520. The van der Waals surface area contributed by atoms with Crippen molar-refractivity contribution in [2.45, 2.75) is 50.5 Å². The molecule has 5 nitrogen and oxygen atoms in total. The fourth-order valence-electron chi connectivity index (χ4n) is 3.98. The number of alkyl halides is 1. The molecule has 1 fully saturated rings. The molecule has 1 aromatic heterocycles. The van der Waals surface area contributed by atoms with Gasteiger partial charge in [-0.2, -0.15) is 0 Å². The van der Waals surface area contributed by atoms with Crippen LogP contribution in [-0.4, -0.2) is 40.6 Å². The zero-order valence-electron chi connectivity index (χ0n) is 16.8. The van der Waals surface area contributed by atoms with E-state index >= 15 is 0 Å². The molecular formula is C22H27ClFN3O2. The summed E-state index contributed by atoms with van der Waals surface area (Å²) in [5, 5.41) is 14.2. The largest absolute Gasteiger partial charge is 0.387 e. The quantitative estimate of drug-likeness (QED) is 0.710. The van der Waals surface area contributed by atoms with Crippen LogP contribution in [0.25, 0.3) is 0 Å². The van der Waals surface area contributed by atoms with Crippen molar-refractivity contribution in [2.75, 3.05) is 14.1 Å². The number of carbonyl (C=O) groups is 1. The smallest absolute Gasteiger partial charge is 0.272 e. The van der Waals surface area contributed by atoms with Crippen LogP contribution in [0.3, 0.4) is 0 Å². The number of amides is 1. The van der Waals surface area contributed by atoms with Crippen LogP contribution < -0.4 is 5.32 Å². The lowest BCUT2D eigenvalue weighted by Crippen LogP contribution is -2.44. The standard InChI is InChI=1S/C22H27ClFN3O2/c1-27(2)14-15-6-5-7-16(12-15)20(22(29)9-3-4-10-22)26-21(28)19-18(23)17(13-24)8-11-25-19/h5-8,11-12,20,29H,3-4,9-10,13-14H2,1-2H3,(H,26,28). The second-order valence-electron chi connectivity index (χ2n) is 7.97. The third-order valence-electron chi connectivity index (χ3n) is 5.39. The Morgan fingerprint density at radius 3 is 2.72 bits per heavy atom. The number of aliphatic hydroxyl groups is 1. The summed E-state index contributed by atoms with van der Waals surface area (Å²) >= 11 is 6.18. The predicted molar refractivity (Wildman–Crippen MR) is 112 cm³/mol. The van der Waals surface area contributed by atoms with Crippen molar-refractivity contribution in [1.29, 1.82) is 0 Å². The van der Waals surface area contributed by atoms with Gasteiger partial charge in [-0.25, -0.2) is 9.37 Å². The van der Waals surface area contributed by atoms with Gasteiger partial charge in [0.1, 0.15) is 12.4 Å². The lowest BCUT2D eigenvalue weighted by atomic mass is 9.86. The summed E-state index contributed by atoms with van der Waals surface area (Å²) in [6.07, 6.45) is 4.36. The number of nitrogens with one attached hydrogen (secondary N) is 1. The molecule has 29 heavy (non-hydrogen) atoms. The van der Waals surface area contributed by atoms with E-state index in [1.54, 1.807) is 0 Å². The van der Waals surface area contributed by atoms with Crippen molar-refractivity contribution < 1.29 is 14.3 Å². The third-order valence-corrected chi connectivity index (χ3v) is 5.82. The minimum Gasteiger partial charge on any atom is -0.387 e. The van der Waals surface area contributed by atoms with E-state index in [9.17, 15) is 14.3 Å². The highest BCUT2D eigenvalue weighted by atomic mass is 35.5. The van der Waals surface area contributed by atoms with E-state index in [4.69, 9.17) is 11.6 Å². The molecule has 0 spiro atoms. The summed E-state index contributed by atoms with van der Waals surface area (Å²) in [5.41, 5.74) is 1.06. The third kappa shape index (κ3) is 4.94. The second-order valence-corrected chi connectivity index (χ2v) is 8.34. The fourth-order valence-corrected chi connectivity index (χ4v) is 4.23. The van der Waals surface area contributed by atoms with E-state index in [1.165, 1.54) is 12.3 Å². The predicted octanol–water partition coefficient (Wildman–Crippen LogP) is 4.04. The summed E-state index contributed by atoms with van der Waals surface area (Å²) in [4.78, 5) is 19.1. The van der Waals surface area contributed by atoms with Crippen molar-refractivity contribution in [2.24, 2.45) is 0 Å². The van der Waals surface area contributed by atoms with Gasteiger partial charge in [-0.15, -0.1) is 0 Å². The summed E-state index contributed by atoms with van der Waals surface area (Å²) in [6, 6.07) is 8.71. The van der Waals surface area contributed by atoms with Gasteiger partial charge >= 0.3 is 0 Å². The van der Waals surface area contributed by atoms with Crippen LogP contribution >= 0.6 is 11.6 Å². The van der Waals surface area contributed by atoms with Gasteiger partial charge in [-0.3, -0.25) is 4.79 Å². The summed E-state index contributed by atoms with van der Waals surface area (Å²) < 4.78 is 13.1. The van der Waals surface area contributed by atoms with Gasteiger partial charge < -0.3 is 15.3 Å². The highest BCUT2D eigenvalue weighted by Gasteiger charge is 2.41. The van der Waals surface area contributed by atoms with Gasteiger partial charge in [0.2, 0.25) is 0 Å². The van der Waals surface area contributed by atoms with Gasteiger partial charge in [0.25, 0.3) is 5.91 Å². The zero-order valence-corrected chi connectivity index (χ0v) is 17.5. The molecule has 1 aliphatic carbocycles. The molecule has 0 saturated heterocycles. The second kappa shape index (κ2) is 9.20. The number of hydrogen-bond acceptors (Lipinski definition) is 4. The van der Waals surface area contributed by atoms with Crippen molar-refractivity contribution in [3.05, 3.63) is 63.9 Å². The molecule has 1 atom stereocenters. The average Bonchev–Trinajstić information content (AvgIpc) is 3.13. The molecule has 3 rings (SSSR count). The SMILES string of the molecule is CN(C)Cc1cccc(C(NC(=O)c2nccc(CF)c2Cl)C2(O)CCCC2)c1. The highest BCUT2D eigenvalue weighted by Crippen LogP contribution is 2.40. The molecule has 0 radical (unpaired) electrons. The molecule has 0 aliphatic heterocycles. The van der Waals surface area contributed by atoms with Gasteiger partial charge in [0.15, 0.2) is 0 Å². The number of halogens is 2. The van der Waals surface area contributed by atoms with Crippen molar-refractivity contribution >= 4 is 17.5 Å². The Labute approximate surface area is 175 Å². The lowest BCUT2D eigenvalue weighted by molar-refractivity contribution is 0.00714. The van der Waals surface area contributed by atoms with E-state index in [1.807, 2.05) is 38.4 Å². The lowest BCUT2D eigenvalue weighted by Gasteiger charge is -2.34. The zero-order chi connectivity index (χ0) is 21.0. The number of hydrogen-bond donors (Lipinski definition) is 2. The summed E-state index contributed by atoms with van der Waals surface area (Å²) in [6.45, 7) is -0.0273. The molecular weight excluding hydrogens is 393 g/mol. The molecule has 1 aromatic carbocycles. The Kier molecular flexibility index (Phi) is 6.88. The number of aromatic nitrogens is 1. The Morgan fingerprint density at radius 1 is 1.34 bits per heavy atom. The molecule has 1 amide bonds. The first-order valence-electron chi connectivity index (χ1n) is 9.80. The molecule has 1 aliphatic rings. The molecule has 2 aromatic rings. The fraction of sp³-hybridized carbons (Fsp3) is 0.455. The maximum absolute atomic E-state index is 13.1. The Morgan fingerprint density at radius 2 is 2.07 bits per heavy atom. The number of rotatable bonds is 7. The summed E-state index contributed by atoms with van der Waals surface area (Å²) in [7, 11) is 3.98. The molecule has 2 N–H and O–H groups in total. The van der Waals surface area contributed by atoms with Crippen LogP contribution in [0.15, 0.2) is 36.5 Å². The molecule has 156 valence electrons. The Hall–Kier alpha value is -2.02. The first-order valence-corrected chi connectivity index (χ1v) is 10.2. The van der Waals surface area contributed by atoms with Gasteiger partial charge in [0, 0.05) is 18.3 Å². The van der Waals surface area contributed by atoms with Crippen LogP contribution in [0.2, 0.25) is 5.02 Å². The number of carbonyl (C=O) groups excluding carboxylic acids is 1. The maximum Gasteiger partial charge on any atom is 0.272 e.